The van der Waals surface area contributed by atoms with E-state index in [1.54, 1.807) is 14.0 Å². The predicted molar refractivity (Wildman–Crippen MR) is 64.5 cm³/mol. The van der Waals surface area contributed by atoms with E-state index in [2.05, 4.69) is 0 Å². The van der Waals surface area contributed by atoms with Gasteiger partial charge in [-0.25, -0.2) is 0 Å². The van der Waals surface area contributed by atoms with Crippen LogP contribution in [0.15, 0.2) is 0 Å². The number of aliphatic hydroxyl groups excluding tert-OH is 1. The van der Waals surface area contributed by atoms with E-state index in [0.717, 1.165) is 4.90 Å². The van der Waals surface area contributed by atoms with Crippen LogP contribution in [0.5, 0.6) is 0 Å². The summed E-state index contributed by atoms with van der Waals surface area (Å²) in [6, 6.07) is 0. The first-order valence-electron chi connectivity index (χ1n) is 6.17. The third-order valence-corrected chi connectivity index (χ3v) is 3.01. The SMILES string of the molecule is CC(O)CCN(C)C(=O)CCN1C(=O)CCC1=O. The Morgan fingerprint density at radius 1 is 1.39 bits per heavy atom. The summed E-state index contributed by atoms with van der Waals surface area (Å²) >= 11 is 0. The topological polar surface area (TPSA) is 77.9 Å². The number of carbonyl (C=O) groups is 3. The fourth-order valence-corrected chi connectivity index (χ4v) is 1.78. The zero-order valence-electron chi connectivity index (χ0n) is 10.9. The monoisotopic (exact) mass is 256 g/mol. The molecule has 3 amide bonds. The highest BCUT2D eigenvalue weighted by Crippen LogP contribution is 2.12. The molecule has 0 radical (unpaired) electrons. The van der Waals surface area contributed by atoms with Crippen LogP contribution in [0.25, 0.3) is 0 Å². The van der Waals surface area contributed by atoms with E-state index in [-0.39, 0.29) is 43.5 Å². The lowest BCUT2D eigenvalue weighted by atomic mass is 10.2. The Hall–Kier alpha value is -1.43. The van der Waals surface area contributed by atoms with Crippen LogP contribution in [0.3, 0.4) is 0 Å². The van der Waals surface area contributed by atoms with Gasteiger partial charge < -0.3 is 10.0 Å². The first-order chi connectivity index (χ1) is 8.41. The average Bonchev–Trinajstić information content (AvgIpc) is 2.63. The first kappa shape index (κ1) is 14.6. The molecule has 1 N–H and O–H groups in total. The Kier molecular flexibility index (Phi) is 5.27. The molecule has 1 fully saturated rings. The van der Waals surface area contributed by atoms with Gasteiger partial charge in [0.15, 0.2) is 0 Å². The van der Waals surface area contributed by atoms with Crippen LogP contribution in [-0.4, -0.2) is 58.9 Å². The van der Waals surface area contributed by atoms with E-state index >= 15 is 0 Å². The summed E-state index contributed by atoms with van der Waals surface area (Å²) in [6.07, 6.45) is 0.731. The molecule has 0 spiro atoms. The van der Waals surface area contributed by atoms with Crippen LogP contribution in [0.4, 0.5) is 0 Å². The van der Waals surface area contributed by atoms with Crippen LogP contribution in [0.2, 0.25) is 0 Å². The van der Waals surface area contributed by atoms with Gasteiger partial charge in [-0.05, 0) is 13.3 Å². The maximum Gasteiger partial charge on any atom is 0.229 e. The van der Waals surface area contributed by atoms with E-state index in [1.165, 1.54) is 4.90 Å². The van der Waals surface area contributed by atoms with Crippen molar-refractivity contribution in [3.8, 4) is 0 Å². The standard InChI is InChI=1S/C12H20N2O4/c1-9(15)5-7-13(2)10(16)6-8-14-11(17)3-4-12(14)18/h9,15H,3-8H2,1-2H3. The highest BCUT2D eigenvalue weighted by atomic mass is 16.3. The molecule has 0 aromatic rings. The highest BCUT2D eigenvalue weighted by molar-refractivity contribution is 6.02. The van der Waals surface area contributed by atoms with Crippen molar-refractivity contribution in [2.45, 2.75) is 38.7 Å². The third-order valence-electron chi connectivity index (χ3n) is 3.01. The third kappa shape index (κ3) is 4.10. The van der Waals surface area contributed by atoms with Gasteiger partial charge in [-0.3, -0.25) is 19.3 Å². The van der Waals surface area contributed by atoms with Gasteiger partial charge in [-0.15, -0.1) is 0 Å². The number of amides is 3. The molecule has 6 nitrogen and oxygen atoms in total. The first-order valence-corrected chi connectivity index (χ1v) is 6.17. The van der Waals surface area contributed by atoms with Gasteiger partial charge in [0, 0.05) is 39.4 Å². The highest BCUT2D eigenvalue weighted by Gasteiger charge is 2.29. The number of carbonyl (C=O) groups excluding carboxylic acids is 3. The molecular weight excluding hydrogens is 236 g/mol. The Morgan fingerprint density at radius 3 is 2.44 bits per heavy atom. The summed E-state index contributed by atoms with van der Waals surface area (Å²) in [4.78, 5) is 37.0. The Morgan fingerprint density at radius 2 is 1.94 bits per heavy atom. The van der Waals surface area contributed by atoms with Crippen molar-refractivity contribution in [3.63, 3.8) is 0 Å². The van der Waals surface area contributed by atoms with Gasteiger partial charge in [0.05, 0.1) is 6.10 Å². The van der Waals surface area contributed by atoms with Gasteiger partial charge in [0.1, 0.15) is 0 Å². The van der Waals surface area contributed by atoms with Crippen molar-refractivity contribution in [2.24, 2.45) is 0 Å². The van der Waals surface area contributed by atoms with Gasteiger partial charge in [-0.2, -0.15) is 0 Å². The van der Waals surface area contributed by atoms with Crippen molar-refractivity contribution < 1.29 is 19.5 Å². The molecule has 6 heteroatoms. The van der Waals surface area contributed by atoms with Crippen LogP contribution in [0.1, 0.15) is 32.6 Å². The van der Waals surface area contributed by atoms with Gasteiger partial charge >= 0.3 is 0 Å². The molecule has 1 aliphatic rings. The molecule has 102 valence electrons. The number of aliphatic hydroxyl groups is 1. The lowest BCUT2D eigenvalue weighted by Gasteiger charge is -2.19. The Balaban J connectivity index is 2.32. The van der Waals surface area contributed by atoms with Crippen LogP contribution in [-0.2, 0) is 14.4 Å². The molecule has 1 atom stereocenters. The van der Waals surface area contributed by atoms with E-state index < -0.39 is 6.10 Å². The minimum atomic E-state index is -0.443. The molecule has 0 saturated carbocycles. The number of hydrogen-bond donors (Lipinski definition) is 1. The summed E-state index contributed by atoms with van der Waals surface area (Å²) in [5, 5.41) is 9.12. The minimum absolute atomic E-state index is 0.122. The largest absolute Gasteiger partial charge is 0.393 e. The van der Waals surface area contributed by atoms with E-state index in [9.17, 15) is 14.4 Å². The fourth-order valence-electron chi connectivity index (χ4n) is 1.78. The summed E-state index contributed by atoms with van der Waals surface area (Å²) in [6.45, 7) is 2.30. The molecule has 0 aliphatic carbocycles. The number of rotatable bonds is 6. The Bertz CT molecular complexity index is 325. The molecule has 1 saturated heterocycles. The van der Waals surface area contributed by atoms with Crippen molar-refractivity contribution in [3.05, 3.63) is 0 Å². The van der Waals surface area contributed by atoms with Gasteiger partial charge in [-0.1, -0.05) is 0 Å². The van der Waals surface area contributed by atoms with Crippen LogP contribution < -0.4 is 0 Å². The number of likely N-dealkylation sites (tertiary alicyclic amines) is 1. The average molecular weight is 256 g/mol. The second-order valence-electron chi connectivity index (χ2n) is 4.64. The van der Waals surface area contributed by atoms with Crippen molar-refractivity contribution in [2.75, 3.05) is 20.1 Å². The second-order valence-corrected chi connectivity index (χ2v) is 4.64. The van der Waals surface area contributed by atoms with Gasteiger partial charge in [0.25, 0.3) is 0 Å². The molecular formula is C12H20N2O4. The number of imide groups is 1. The zero-order chi connectivity index (χ0) is 13.7. The summed E-state index contributed by atoms with van der Waals surface area (Å²) in [5.74, 6) is -0.512. The van der Waals surface area contributed by atoms with Gasteiger partial charge in [0.2, 0.25) is 17.7 Å². The molecule has 18 heavy (non-hydrogen) atoms. The molecule has 1 aliphatic heterocycles. The molecule has 1 heterocycles. The maximum atomic E-state index is 11.7. The van der Waals surface area contributed by atoms with Crippen molar-refractivity contribution >= 4 is 17.7 Å². The van der Waals surface area contributed by atoms with Crippen molar-refractivity contribution in [1.29, 1.82) is 0 Å². The Labute approximate surface area is 107 Å². The minimum Gasteiger partial charge on any atom is -0.393 e. The summed E-state index contributed by atoms with van der Waals surface area (Å²) in [5.41, 5.74) is 0. The molecule has 0 bridgehead atoms. The second kappa shape index (κ2) is 6.49. The lowest BCUT2D eigenvalue weighted by molar-refractivity contribution is -0.139. The van der Waals surface area contributed by atoms with Crippen LogP contribution >= 0.6 is 0 Å². The fraction of sp³-hybridized carbons (Fsp3) is 0.750. The lowest BCUT2D eigenvalue weighted by Crippen LogP contribution is -2.35. The number of hydrogen-bond acceptors (Lipinski definition) is 4. The van der Waals surface area contributed by atoms with E-state index in [1.807, 2.05) is 0 Å². The molecule has 1 unspecified atom stereocenters. The smallest absolute Gasteiger partial charge is 0.229 e. The molecule has 1 rings (SSSR count). The predicted octanol–water partition coefficient (Wildman–Crippen LogP) is -0.245. The van der Waals surface area contributed by atoms with Crippen LogP contribution in [0, 0.1) is 0 Å². The van der Waals surface area contributed by atoms with Crippen molar-refractivity contribution in [1.82, 2.24) is 9.80 Å². The number of nitrogens with zero attached hydrogens (tertiary/aromatic N) is 2. The summed E-state index contributed by atoms with van der Waals surface area (Å²) < 4.78 is 0. The van der Waals surface area contributed by atoms with E-state index in [4.69, 9.17) is 5.11 Å². The van der Waals surface area contributed by atoms with E-state index in [0.29, 0.717) is 13.0 Å². The molecule has 0 aromatic carbocycles. The quantitative estimate of drug-likeness (QED) is 0.665. The normalized spacial score (nSPS) is 17.2. The maximum absolute atomic E-state index is 11.7. The zero-order valence-corrected chi connectivity index (χ0v) is 10.9. The molecule has 0 aromatic heterocycles. The summed E-state index contributed by atoms with van der Waals surface area (Å²) in [7, 11) is 1.65.